The zero-order valence-corrected chi connectivity index (χ0v) is 9.70. The third kappa shape index (κ3) is 2.32. The van der Waals surface area contributed by atoms with Crippen LogP contribution in [0.3, 0.4) is 0 Å². The highest BCUT2D eigenvalue weighted by atomic mass is 16.2. The van der Waals surface area contributed by atoms with Crippen molar-refractivity contribution in [3.63, 3.8) is 0 Å². The van der Waals surface area contributed by atoms with Crippen LogP contribution in [0.25, 0.3) is 0 Å². The Bertz CT molecular complexity index is 238. The van der Waals surface area contributed by atoms with Gasteiger partial charge in [-0.25, -0.2) is 0 Å². The molecule has 0 aromatic carbocycles. The topological polar surface area (TPSA) is 35.6 Å². The minimum atomic E-state index is 0.0978. The fourth-order valence-electron chi connectivity index (χ4n) is 2.36. The van der Waals surface area contributed by atoms with Gasteiger partial charge in [-0.2, -0.15) is 0 Å². The van der Waals surface area contributed by atoms with E-state index in [0.29, 0.717) is 11.9 Å². The van der Waals surface area contributed by atoms with Crippen molar-refractivity contribution in [2.75, 3.05) is 33.2 Å². The van der Waals surface area contributed by atoms with Crippen LogP contribution in [0.5, 0.6) is 0 Å². The average molecular weight is 211 g/mol. The van der Waals surface area contributed by atoms with Gasteiger partial charge in [-0.3, -0.25) is 4.79 Å². The Balaban J connectivity index is 1.90. The quantitative estimate of drug-likeness (QED) is 0.658. The van der Waals surface area contributed by atoms with E-state index in [2.05, 4.69) is 24.2 Å². The van der Waals surface area contributed by atoms with E-state index < -0.39 is 0 Å². The summed E-state index contributed by atoms with van der Waals surface area (Å²) >= 11 is 0. The molecule has 0 spiro atoms. The van der Waals surface area contributed by atoms with Crippen molar-refractivity contribution in [2.45, 2.75) is 31.8 Å². The minimum Gasteiger partial charge on any atom is -0.339 e. The van der Waals surface area contributed by atoms with E-state index >= 15 is 0 Å². The maximum Gasteiger partial charge on any atom is 0.239 e. The smallest absolute Gasteiger partial charge is 0.239 e. The molecule has 0 radical (unpaired) electrons. The van der Waals surface area contributed by atoms with Gasteiger partial charge in [0.05, 0.1) is 6.04 Å². The summed E-state index contributed by atoms with van der Waals surface area (Å²) in [5, 5.41) is 3.27. The van der Waals surface area contributed by atoms with Crippen LogP contribution < -0.4 is 5.32 Å². The maximum absolute atomic E-state index is 12.1. The number of hydrogen-bond donors (Lipinski definition) is 1. The predicted octanol–water partition coefficient (Wildman–Crippen LogP) is -0.0991. The van der Waals surface area contributed by atoms with Gasteiger partial charge in [0, 0.05) is 25.7 Å². The Kier molecular flexibility index (Phi) is 3.26. The van der Waals surface area contributed by atoms with Crippen molar-refractivity contribution in [1.82, 2.24) is 15.1 Å². The largest absolute Gasteiger partial charge is 0.339 e. The van der Waals surface area contributed by atoms with Crippen molar-refractivity contribution in [2.24, 2.45) is 0 Å². The molecule has 4 heteroatoms. The second kappa shape index (κ2) is 4.49. The molecule has 0 aromatic rings. The Hall–Kier alpha value is -0.610. The third-order valence-electron chi connectivity index (χ3n) is 3.63. The summed E-state index contributed by atoms with van der Waals surface area (Å²) in [6.07, 6.45) is 2.15. The molecule has 15 heavy (non-hydrogen) atoms. The van der Waals surface area contributed by atoms with Crippen molar-refractivity contribution in [1.29, 1.82) is 0 Å². The molecular weight excluding hydrogens is 190 g/mol. The summed E-state index contributed by atoms with van der Waals surface area (Å²) in [4.78, 5) is 16.4. The molecule has 2 fully saturated rings. The molecule has 2 aliphatic heterocycles. The van der Waals surface area contributed by atoms with Gasteiger partial charge >= 0.3 is 0 Å². The lowest BCUT2D eigenvalue weighted by molar-refractivity contribution is -0.135. The molecule has 0 aromatic heterocycles. The molecule has 0 bridgehead atoms. The number of rotatable bonds is 1. The first kappa shape index (κ1) is 10.9. The highest BCUT2D eigenvalue weighted by molar-refractivity contribution is 5.82. The number of nitrogens with one attached hydrogen (secondary N) is 1. The van der Waals surface area contributed by atoms with Crippen LogP contribution in [0.2, 0.25) is 0 Å². The fraction of sp³-hybridized carbons (Fsp3) is 0.909. The number of hydrogen-bond acceptors (Lipinski definition) is 3. The van der Waals surface area contributed by atoms with Gasteiger partial charge in [0.1, 0.15) is 0 Å². The summed E-state index contributed by atoms with van der Waals surface area (Å²) in [5.74, 6) is 0.312. The van der Waals surface area contributed by atoms with Crippen LogP contribution in [0.15, 0.2) is 0 Å². The number of nitrogens with zero attached hydrogens (tertiary/aromatic N) is 2. The van der Waals surface area contributed by atoms with E-state index in [4.69, 9.17) is 0 Å². The highest BCUT2D eigenvalue weighted by Crippen LogP contribution is 2.12. The lowest BCUT2D eigenvalue weighted by Crippen LogP contribution is -2.55. The number of carbonyl (C=O) groups is 1. The summed E-state index contributed by atoms with van der Waals surface area (Å²) < 4.78 is 0. The zero-order valence-electron chi connectivity index (χ0n) is 9.70. The SMILES string of the molecule is CC1CN(C(=O)C2CCCN2)CCN1C. The van der Waals surface area contributed by atoms with Crippen LogP contribution in [-0.2, 0) is 4.79 Å². The minimum absolute atomic E-state index is 0.0978. The molecule has 2 saturated heterocycles. The first-order valence-corrected chi connectivity index (χ1v) is 5.91. The zero-order chi connectivity index (χ0) is 10.8. The fourth-order valence-corrected chi connectivity index (χ4v) is 2.36. The molecular formula is C11H21N3O. The Morgan fingerprint density at radius 1 is 1.40 bits per heavy atom. The molecule has 2 atom stereocenters. The van der Waals surface area contributed by atoms with Gasteiger partial charge in [0.25, 0.3) is 0 Å². The van der Waals surface area contributed by atoms with E-state index in [1.165, 1.54) is 0 Å². The first-order valence-electron chi connectivity index (χ1n) is 5.91. The first-order chi connectivity index (χ1) is 7.18. The van der Waals surface area contributed by atoms with Crippen molar-refractivity contribution < 1.29 is 4.79 Å². The van der Waals surface area contributed by atoms with Crippen molar-refractivity contribution in [3.05, 3.63) is 0 Å². The Morgan fingerprint density at radius 3 is 2.80 bits per heavy atom. The Morgan fingerprint density at radius 2 is 2.20 bits per heavy atom. The van der Waals surface area contributed by atoms with Crippen LogP contribution >= 0.6 is 0 Å². The van der Waals surface area contributed by atoms with Gasteiger partial charge in [-0.05, 0) is 33.4 Å². The third-order valence-corrected chi connectivity index (χ3v) is 3.63. The van der Waals surface area contributed by atoms with Gasteiger partial charge in [0.2, 0.25) is 5.91 Å². The van der Waals surface area contributed by atoms with Crippen molar-refractivity contribution in [3.8, 4) is 0 Å². The second-order valence-corrected chi connectivity index (χ2v) is 4.76. The van der Waals surface area contributed by atoms with E-state index in [1.54, 1.807) is 0 Å². The van der Waals surface area contributed by atoms with E-state index in [1.807, 2.05) is 4.90 Å². The number of carbonyl (C=O) groups excluding carboxylic acids is 1. The van der Waals surface area contributed by atoms with Crippen LogP contribution in [0.1, 0.15) is 19.8 Å². The van der Waals surface area contributed by atoms with Gasteiger partial charge in [-0.15, -0.1) is 0 Å². The Labute approximate surface area is 91.6 Å². The molecule has 1 amide bonds. The molecule has 2 rings (SSSR count). The van der Waals surface area contributed by atoms with Crippen LogP contribution in [-0.4, -0.2) is 61.0 Å². The second-order valence-electron chi connectivity index (χ2n) is 4.76. The normalized spacial score (nSPS) is 33.3. The summed E-state index contributed by atoms with van der Waals surface area (Å²) in [5.41, 5.74) is 0. The number of piperazine rings is 1. The van der Waals surface area contributed by atoms with Crippen LogP contribution in [0, 0.1) is 0 Å². The van der Waals surface area contributed by atoms with Gasteiger partial charge in [0.15, 0.2) is 0 Å². The van der Waals surface area contributed by atoms with E-state index in [-0.39, 0.29) is 6.04 Å². The standard InChI is InChI=1S/C11H21N3O/c1-9-8-14(7-6-13(9)2)11(15)10-4-3-5-12-10/h9-10,12H,3-8H2,1-2H3. The van der Waals surface area contributed by atoms with Crippen molar-refractivity contribution >= 4 is 5.91 Å². The molecule has 86 valence electrons. The van der Waals surface area contributed by atoms with E-state index in [0.717, 1.165) is 39.0 Å². The van der Waals surface area contributed by atoms with E-state index in [9.17, 15) is 4.79 Å². The summed E-state index contributed by atoms with van der Waals surface area (Å²) in [6.45, 7) is 5.95. The van der Waals surface area contributed by atoms with Gasteiger partial charge < -0.3 is 15.1 Å². The summed E-state index contributed by atoms with van der Waals surface area (Å²) in [6, 6.07) is 0.588. The maximum atomic E-state index is 12.1. The molecule has 2 heterocycles. The lowest BCUT2D eigenvalue weighted by atomic mass is 10.1. The number of likely N-dealkylation sites (N-methyl/N-ethyl adjacent to an activating group) is 1. The highest BCUT2D eigenvalue weighted by Gasteiger charge is 2.30. The predicted molar refractivity (Wildman–Crippen MR) is 59.7 cm³/mol. The summed E-state index contributed by atoms with van der Waals surface area (Å²) in [7, 11) is 2.13. The molecule has 2 aliphatic rings. The number of amides is 1. The molecule has 0 saturated carbocycles. The monoisotopic (exact) mass is 211 g/mol. The molecule has 2 unspecified atom stereocenters. The van der Waals surface area contributed by atoms with Gasteiger partial charge in [-0.1, -0.05) is 0 Å². The van der Waals surface area contributed by atoms with Crippen LogP contribution in [0.4, 0.5) is 0 Å². The molecule has 1 N–H and O–H groups in total. The average Bonchev–Trinajstić information content (AvgIpc) is 2.74. The molecule has 4 nitrogen and oxygen atoms in total. The molecule has 0 aliphatic carbocycles. The lowest BCUT2D eigenvalue weighted by Gasteiger charge is -2.38.